The molecule has 1 amide bonds. The predicted octanol–water partition coefficient (Wildman–Crippen LogP) is 2.36. The zero-order chi connectivity index (χ0) is 13.0. The smallest absolute Gasteiger partial charge is 0.331 e. The van der Waals surface area contributed by atoms with Gasteiger partial charge >= 0.3 is 5.91 Å². The average molecular weight is 243 g/mol. The Morgan fingerprint density at radius 3 is 2.89 bits per heavy atom. The van der Waals surface area contributed by atoms with E-state index in [1.54, 1.807) is 24.5 Å². The minimum atomic E-state index is -0.201. The number of amides is 1. The lowest BCUT2D eigenvalue weighted by atomic mass is 10.2. The molecule has 2 aromatic rings. The summed E-state index contributed by atoms with van der Waals surface area (Å²) < 4.78 is 5.10. The second-order valence-electron chi connectivity index (χ2n) is 4.09. The highest BCUT2D eigenvalue weighted by Crippen LogP contribution is 2.05. The van der Waals surface area contributed by atoms with Gasteiger partial charge < -0.3 is 4.42 Å². The van der Waals surface area contributed by atoms with Crippen molar-refractivity contribution in [2.24, 2.45) is 0 Å². The van der Waals surface area contributed by atoms with E-state index in [1.807, 2.05) is 26.0 Å². The molecule has 0 aliphatic rings. The third kappa shape index (κ3) is 3.31. The van der Waals surface area contributed by atoms with Crippen LogP contribution >= 0.6 is 0 Å². The summed E-state index contributed by atoms with van der Waals surface area (Å²) in [5, 5.41) is 2.76. The van der Waals surface area contributed by atoms with Crippen molar-refractivity contribution in [2.45, 2.75) is 13.8 Å². The topological polar surface area (TPSA) is 56.4 Å². The van der Waals surface area contributed by atoms with E-state index in [0.29, 0.717) is 11.6 Å². The molecule has 2 rings (SSSR count). The van der Waals surface area contributed by atoms with Gasteiger partial charge in [0.05, 0.1) is 12.0 Å². The number of hydrogen-bond acceptors (Lipinski definition) is 2. The highest BCUT2D eigenvalue weighted by molar-refractivity contribution is 6.00. The Balaban J connectivity index is 2.03. The fourth-order valence-corrected chi connectivity index (χ4v) is 1.68. The summed E-state index contributed by atoms with van der Waals surface area (Å²) in [6.07, 6.45) is 4.62. The number of carbonyl (C=O) groups excluding carboxylic acids is 1. The summed E-state index contributed by atoms with van der Waals surface area (Å²) in [7, 11) is 0. The van der Waals surface area contributed by atoms with Gasteiger partial charge in [-0.1, -0.05) is 0 Å². The van der Waals surface area contributed by atoms with E-state index in [-0.39, 0.29) is 5.91 Å². The number of aromatic amines is 1. The fraction of sp³-hybridized carbons (Fsp3) is 0.143. The van der Waals surface area contributed by atoms with Crippen molar-refractivity contribution in [3.63, 3.8) is 0 Å². The molecule has 0 aliphatic carbocycles. The second-order valence-corrected chi connectivity index (χ2v) is 4.09. The van der Waals surface area contributed by atoms with Gasteiger partial charge in [0.25, 0.3) is 5.82 Å². The first-order valence-corrected chi connectivity index (χ1v) is 5.66. The van der Waals surface area contributed by atoms with Gasteiger partial charge in [0.15, 0.2) is 0 Å². The van der Waals surface area contributed by atoms with Crippen LogP contribution in [-0.2, 0) is 4.79 Å². The fourth-order valence-electron chi connectivity index (χ4n) is 1.68. The molecule has 2 aromatic heterocycles. The first kappa shape index (κ1) is 12.1. The third-order valence-corrected chi connectivity index (χ3v) is 2.35. The molecule has 0 saturated carbocycles. The van der Waals surface area contributed by atoms with Crippen LogP contribution in [0.5, 0.6) is 0 Å². The van der Waals surface area contributed by atoms with Gasteiger partial charge in [-0.05, 0) is 43.7 Å². The predicted molar refractivity (Wildman–Crippen MR) is 68.8 cm³/mol. The van der Waals surface area contributed by atoms with E-state index in [1.165, 1.54) is 6.08 Å². The molecule has 2 heterocycles. The lowest BCUT2D eigenvalue weighted by molar-refractivity contribution is -0.370. The average Bonchev–Trinajstić information content (AvgIpc) is 2.77. The molecule has 4 heteroatoms. The van der Waals surface area contributed by atoms with Crippen LogP contribution in [-0.4, -0.2) is 5.91 Å². The van der Waals surface area contributed by atoms with Crippen molar-refractivity contribution in [1.29, 1.82) is 0 Å². The highest BCUT2D eigenvalue weighted by atomic mass is 16.3. The summed E-state index contributed by atoms with van der Waals surface area (Å²) >= 11 is 0. The molecular formula is C14H15N2O2+. The number of carbonyl (C=O) groups is 1. The third-order valence-electron chi connectivity index (χ3n) is 2.35. The van der Waals surface area contributed by atoms with Crippen molar-refractivity contribution < 1.29 is 14.2 Å². The number of anilines is 1. The van der Waals surface area contributed by atoms with Crippen LogP contribution in [0.2, 0.25) is 0 Å². The Bertz CT molecular complexity index is 551. The maximum atomic E-state index is 11.7. The summed E-state index contributed by atoms with van der Waals surface area (Å²) in [6.45, 7) is 3.93. The molecular weight excluding hydrogens is 228 g/mol. The Hall–Kier alpha value is -2.36. The number of aromatic nitrogens is 1. The van der Waals surface area contributed by atoms with E-state index in [0.717, 1.165) is 11.3 Å². The lowest BCUT2D eigenvalue weighted by Gasteiger charge is -1.97. The number of aryl methyl sites for hydroxylation is 2. The van der Waals surface area contributed by atoms with Crippen LogP contribution in [0.15, 0.2) is 41.0 Å². The Morgan fingerprint density at radius 2 is 2.22 bits per heavy atom. The Morgan fingerprint density at radius 1 is 1.39 bits per heavy atom. The Labute approximate surface area is 105 Å². The molecule has 0 aliphatic heterocycles. The molecule has 0 fully saturated rings. The number of H-pyrrole nitrogens is 1. The molecule has 0 unspecified atom stereocenters. The normalized spacial score (nSPS) is 10.8. The van der Waals surface area contributed by atoms with Crippen LogP contribution in [0.1, 0.15) is 17.0 Å². The zero-order valence-corrected chi connectivity index (χ0v) is 10.4. The molecule has 0 radical (unpaired) electrons. The van der Waals surface area contributed by atoms with Crippen molar-refractivity contribution in [1.82, 2.24) is 0 Å². The van der Waals surface area contributed by atoms with Crippen LogP contribution in [0.4, 0.5) is 5.82 Å². The van der Waals surface area contributed by atoms with Crippen molar-refractivity contribution >= 4 is 17.8 Å². The maximum absolute atomic E-state index is 11.7. The van der Waals surface area contributed by atoms with Crippen LogP contribution in [0.25, 0.3) is 6.08 Å². The van der Waals surface area contributed by atoms with Crippen molar-refractivity contribution in [3.05, 3.63) is 53.6 Å². The quantitative estimate of drug-likeness (QED) is 0.841. The number of furan rings is 1. The second kappa shape index (κ2) is 5.31. The highest BCUT2D eigenvalue weighted by Gasteiger charge is 2.08. The molecule has 2 N–H and O–H groups in total. The van der Waals surface area contributed by atoms with Gasteiger partial charge in [0, 0.05) is 12.1 Å². The van der Waals surface area contributed by atoms with Crippen LogP contribution < -0.4 is 10.3 Å². The van der Waals surface area contributed by atoms with E-state index >= 15 is 0 Å². The summed E-state index contributed by atoms with van der Waals surface area (Å²) in [6, 6.07) is 7.45. The zero-order valence-electron chi connectivity index (χ0n) is 10.4. The van der Waals surface area contributed by atoms with E-state index in [9.17, 15) is 4.79 Å². The number of nitrogens with one attached hydrogen (secondary N) is 2. The molecule has 4 nitrogen and oxygen atoms in total. The summed E-state index contributed by atoms with van der Waals surface area (Å²) in [5.74, 6) is 1.13. The van der Waals surface area contributed by atoms with E-state index in [4.69, 9.17) is 4.42 Å². The molecule has 0 atom stereocenters. The van der Waals surface area contributed by atoms with Crippen molar-refractivity contribution in [2.75, 3.05) is 5.32 Å². The van der Waals surface area contributed by atoms with Gasteiger partial charge in [-0.25, -0.2) is 15.1 Å². The number of pyridine rings is 1. The minimum absolute atomic E-state index is 0.201. The van der Waals surface area contributed by atoms with Crippen LogP contribution in [0, 0.1) is 13.8 Å². The molecule has 0 bridgehead atoms. The summed E-state index contributed by atoms with van der Waals surface area (Å²) in [5.41, 5.74) is 2.09. The first-order valence-electron chi connectivity index (χ1n) is 5.66. The molecule has 0 saturated heterocycles. The van der Waals surface area contributed by atoms with Gasteiger partial charge in [-0.3, -0.25) is 0 Å². The standard InChI is InChI=1S/C14H14N2O2/c1-10-8-11(2)15-13(9-10)16-14(17)6-5-12-4-3-7-18-12/h3-9H,1-2H3,(H,15,16,17)/p+1. The monoisotopic (exact) mass is 243 g/mol. The van der Waals surface area contributed by atoms with Gasteiger partial charge in [-0.15, -0.1) is 0 Å². The minimum Gasteiger partial charge on any atom is -0.465 e. The SMILES string of the molecule is Cc1cc(C)[nH+]c(NC(=O)C=Cc2ccco2)c1. The van der Waals surface area contributed by atoms with Gasteiger partial charge in [0.1, 0.15) is 5.76 Å². The molecule has 0 aromatic carbocycles. The Kier molecular flexibility index (Phi) is 3.57. The van der Waals surface area contributed by atoms with E-state index < -0.39 is 0 Å². The van der Waals surface area contributed by atoms with Gasteiger partial charge in [-0.2, -0.15) is 0 Å². The maximum Gasteiger partial charge on any atom is 0.331 e. The van der Waals surface area contributed by atoms with Crippen LogP contribution in [0.3, 0.4) is 0 Å². The molecule has 0 spiro atoms. The number of rotatable bonds is 3. The van der Waals surface area contributed by atoms with E-state index in [2.05, 4.69) is 10.3 Å². The first-order chi connectivity index (χ1) is 8.63. The molecule has 18 heavy (non-hydrogen) atoms. The molecule has 92 valence electrons. The lowest BCUT2D eigenvalue weighted by Crippen LogP contribution is -2.19. The van der Waals surface area contributed by atoms with Crippen molar-refractivity contribution in [3.8, 4) is 0 Å². The number of hydrogen-bond donors (Lipinski definition) is 1. The van der Waals surface area contributed by atoms with Gasteiger partial charge in [0.2, 0.25) is 0 Å². The summed E-state index contributed by atoms with van der Waals surface area (Å²) in [4.78, 5) is 14.8. The largest absolute Gasteiger partial charge is 0.465 e.